The van der Waals surface area contributed by atoms with E-state index < -0.39 is 0 Å². The summed E-state index contributed by atoms with van der Waals surface area (Å²) >= 11 is 7.08. The first kappa shape index (κ1) is 12.2. The minimum atomic E-state index is 0.279. The molecule has 1 unspecified atom stereocenters. The van der Waals surface area contributed by atoms with E-state index in [-0.39, 0.29) is 6.04 Å². The van der Waals surface area contributed by atoms with Crippen molar-refractivity contribution in [2.24, 2.45) is 0 Å². The fourth-order valence-corrected chi connectivity index (χ4v) is 3.96. The van der Waals surface area contributed by atoms with E-state index in [0.29, 0.717) is 0 Å². The Labute approximate surface area is 112 Å². The smallest absolute Gasteiger partial charge is 0.0795 e. The van der Waals surface area contributed by atoms with Gasteiger partial charge < -0.3 is 5.32 Å². The van der Waals surface area contributed by atoms with E-state index in [0.717, 1.165) is 13.0 Å². The zero-order valence-electron chi connectivity index (χ0n) is 8.94. The van der Waals surface area contributed by atoms with Crippen molar-refractivity contribution in [1.29, 1.82) is 0 Å². The van der Waals surface area contributed by atoms with Gasteiger partial charge in [0.2, 0.25) is 0 Å². The second-order valence-corrected chi connectivity index (χ2v) is 6.14. The topological polar surface area (TPSA) is 24.9 Å². The SMILES string of the molecule is CCCNC(c1cncs1)c1sccc1Br. The van der Waals surface area contributed by atoms with Gasteiger partial charge in [0.05, 0.1) is 11.6 Å². The van der Waals surface area contributed by atoms with Crippen LogP contribution in [0.15, 0.2) is 27.6 Å². The molecule has 5 heteroatoms. The number of halogens is 1. The third-order valence-corrected chi connectivity index (χ3v) is 5.02. The summed E-state index contributed by atoms with van der Waals surface area (Å²) in [5.41, 5.74) is 1.89. The van der Waals surface area contributed by atoms with Gasteiger partial charge in [0.25, 0.3) is 0 Å². The number of rotatable bonds is 5. The Morgan fingerprint density at radius 3 is 2.94 bits per heavy atom. The van der Waals surface area contributed by atoms with Gasteiger partial charge in [-0.3, -0.25) is 4.98 Å². The third-order valence-electron chi connectivity index (χ3n) is 2.24. The molecule has 2 aromatic heterocycles. The zero-order valence-corrected chi connectivity index (χ0v) is 12.2. The monoisotopic (exact) mass is 316 g/mol. The molecule has 0 spiro atoms. The lowest BCUT2D eigenvalue weighted by molar-refractivity contribution is 0.611. The summed E-state index contributed by atoms with van der Waals surface area (Å²) < 4.78 is 1.18. The van der Waals surface area contributed by atoms with Crippen molar-refractivity contribution in [1.82, 2.24) is 10.3 Å². The van der Waals surface area contributed by atoms with Crippen LogP contribution in [0.25, 0.3) is 0 Å². The highest BCUT2D eigenvalue weighted by Gasteiger charge is 2.18. The zero-order chi connectivity index (χ0) is 11.4. The number of hydrogen-bond donors (Lipinski definition) is 1. The summed E-state index contributed by atoms with van der Waals surface area (Å²) in [6.07, 6.45) is 3.09. The van der Waals surface area contributed by atoms with E-state index in [9.17, 15) is 0 Å². The van der Waals surface area contributed by atoms with E-state index >= 15 is 0 Å². The molecule has 0 aromatic carbocycles. The van der Waals surface area contributed by atoms with Crippen molar-refractivity contribution in [3.8, 4) is 0 Å². The molecule has 2 aromatic rings. The minimum Gasteiger partial charge on any atom is -0.305 e. The highest BCUT2D eigenvalue weighted by molar-refractivity contribution is 9.10. The summed E-state index contributed by atoms with van der Waals surface area (Å²) in [6, 6.07) is 2.38. The molecule has 2 heterocycles. The first-order valence-corrected chi connectivity index (χ1v) is 7.72. The molecule has 0 aliphatic heterocycles. The van der Waals surface area contributed by atoms with Crippen molar-refractivity contribution in [3.63, 3.8) is 0 Å². The number of nitrogens with one attached hydrogen (secondary N) is 1. The molecule has 1 atom stereocenters. The van der Waals surface area contributed by atoms with Crippen LogP contribution in [-0.4, -0.2) is 11.5 Å². The molecule has 2 nitrogen and oxygen atoms in total. The first-order valence-electron chi connectivity index (χ1n) is 5.17. The fourth-order valence-electron chi connectivity index (χ4n) is 1.49. The Hall–Kier alpha value is -0.230. The average Bonchev–Trinajstić information content (AvgIpc) is 2.91. The van der Waals surface area contributed by atoms with E-state index in [4.69, 9.17) is 0 Å². The van der Waals surface area contributed by atoms with Gasteiger partial charge in [-0.15, -0.1) is 22.7 Å². The fraction of sp³-hybridized carbons (Fsp3) is 0.364. The number of nitrogens with zero attached hydrogens (tertiary/aromatic N) is 1. The molecule has 0 saturated carbocycles. The Morgan fingerprint density at radius 1 is 1.50 bits per heavy atom. The van der Waals surface area contributed by atoms with Crippen LogP contribution in [-0.2, 0) is 0 Å². The van der Waals surface area contributed by atoms with E-state index in [1.165, 1.54) is 14.2 Å². The van der Waals surface area contributed by atoms with Gasteiger partial charge in [-0.1, -0.05) is 6.92 Å². The highest BCUT2D eigenvalue weighted by Crippen LogP contribution is 2.34. The summed E-state index contributed by atoms with van der Waals surface area (Å²) in [5, 5.41) is 5.68. The first-order chi connectivity index (χ1) is 7.83. The third kappa shape index (κ3) is 2.71. The van der Waals surface area contributed by atoms with Crippen LogP contribution in [0.1, 0.15) is 29.1 Å². The molecule has 0 radical (unpaired) electrons. The van der Waals surface area contributed by atoms with E-state index in [1.807, 2.05) is 11.7 Å². The molecule has 0 aliphatic carbocycles. The molecule has 0 saturated heterocycles. The van der Waals surface area contributed by atoms with E-state index in [1.54, 1.807) is 22.7 Å². The lowest BCUT2D eigenvalue weighted by atomic mass is 10.2. The molecule has 2 rings (SSSR count). The Balaban J connectivity index is 2.25. The van der Waals surface area contributed by atoms with Crippen molar-refractivity contribution in [2.75, 3.05) is 6.54 Å². The maximum Gasteiger partial charge on any atom is 0.0795 e. The lowest BCUT2D eigenvalue weighted by Gasteiger charge is -2.15. The molecular formula is C11H13BrN2S2. The van der Waals surface area contributed by atoms with Crippen molar-refractivity contribution in [3.05, 3.63) is 37.4 Å². The van der Waals surface area contributed by atoms with E-state index in [2.05, 4.69) is 44.6 Å². The lowest BCUT2D eigenvalue weighted by Crippen LogP contribution is -2.21. The predicted molar refractivity (Wildman–Crippen MR) is 74.3 cm³/mol. The Morgan fingerprint density at radius 2 is 2.38 bits per heavy atom. The van der Waals surface area contributed by atoms with Crippen molar-refractivity contribution in [2.45, 2.75) is 19.4 Å². The van der Waals surface area contributed by atoms with Gasteiger partial charge in [-0.05, 0) is 40.3 Å². The Kier molecular flexibility index (Phi) is 4.52. The number of aromatic nitrogens is 1. The average molecular weight is 317 g/mol. The summed E-state index contributed by atoms with van der Waals surface area (Å²) in [6.45, 7) is 3.20. The molecule has 0 fully saturated rings. The van der Waals surface area contributed by atoms with Crippen LogP contribution in [0.4, 0.5) is 0 Å². The van der Waals surface area contributed by atoms with Gasteiger partial charge in [0.15, 0.2) is 0 Å². The highest BCUT2D eigenvalue weighted by atomic mass is 79.9. The minimum absolute atomic E-state index is 0.279. The van der Waals surface area contributed by atoms with Crippen LogP contribution < -0.4 is 5.32 Å². The number of thiazole rings is 1. The van der Waals surface area contributed by atoms with Crippen molar-refractivity contribution >= 4 is 38.6 Å². The quantitative estimate of drug-likeness (QED) is 0.900. The summed E-state index contributed by atoms with van der Waals surface area (Å²) in [4.78, 5) is 6.76. The van der Waals surface area contributed by atoms with Crippen molar-refractivity contribution < 1.29 is 0 Å². The largest absolute Gasteiger partial charge is 0.305 e. The van der Waals surface area contributed by atoms with Crippen LogP contribution in [0, 0.1) is 0 Å². The van der Waals surface area contributed by atoms with Crippen LogP contribution in [0.3, 0.4) is 0 Å². The van der Waals surface area contributed by atoms with Gasteiger partial charge in [-0.25, -0.2) is 0 Å². The molecule has 1 N–H and O–H groups in total. The molecule has 0 bridgehead atoms. The number of hydrogen-bond acceptors (Lipinski definition) is 4. The number of thiophene rings is 1. The Bertz CT molecular complexity index is 425. The van der Waals surface area contributed by atoms with Crippen LogP contribution >= 0.6 is 38.6 Å². The standard InChI is InChI=1S/C11H13BrN2S2/c1-2-4-14-10(9-6-13-7-16-9)11-8(12)3-5-15-11/h3,5-7,10,14H,2,4H2,1H3. The molecule has 0 amide bonds. The normalized spacial score (nSPS) is 12.9. The molecule has 0 aliphatic rings. The maximum absolute atomic E-state index is 4.16. The van der Waals surface area contributed by atoms with Gasteiger partial charge in [0.1, 0.15) is 0 Å². The van der Waals surface area contributed by atoms with Gasteiger partial charge in [0, 0.05) is 20.4 Å². The summed E-state index contributed by atoms with van der Waals surface area (Å²) in [5.74, 6) is 0. The summed E-state index contributed by atoms with van der Waals surface area (Å²) in [7, 11) is 0. The van der Waals surface area contributed by atoms with Crippen LogP contribution in [0.2, 0.25) is 0 Å². The molecule has 86 valence electrons. The molecular weight excluding hydrogens is 304 g/mol. The second-order valence-electron chi connectivity index (χ2n) is 3.42. The van der Waals surface area contributed by atoms with Gasteiger partial charge in [-0.2, -0.15) is 0 Å². The predicted octanol–water partition coefficient (Wildman–Crippen LogP) is 4.06. The van der Waals surface area contributed by atoms with Gasteiger partial charge >= 0.3 is 0 Å². The maximum atomic E-state index is 4.16. The van der Waals surface area contributed by atoms with Crippen LogP contribution in [0.5, 0.6) is 0 Å². The second kappa shape index (κ2) is 5.91. The molecule has 16 heavy (non-hydrogen) atoms.